The Morgan fingerprint density at radius 3 is 2.62 bits per heavy atom. The highest BCUT2D eigenvalue weighted by Crippen LogP contribution is 2.49. The largest absolute Gasteiger partial charge is 0.369 e. The maximum Gasteiger partial charge on any atom is 0.226 e. The van der Waals surface area contributed by atoms with Crippen molar-refractivity contribution in [1.82, 2.24) is 4.90 Å². The molecule has 2 N–H and O–H groups in total. The van der Waals surface area contributed by atoms with Crippen molar-refractivity contribution in [1.29, 1.82) is 0 Å². The van der Waals surface area contributed by atoms with E-state index in [2.05, 4.69) is 0 Å². The second-order valence-electron chi connectivity index (χ2n) is 5.79. The van der Waals surface area contributed by atoms with Crippen LogP contribution in [-0.2, 0) is 9.59 Å². The molecule has 1 aromatic carbocycles. The van der Waals surface area contributed by atoms with Crippen LogP contribution in [0.15, 0.2) is 18.2 Å². The minimum Gasteiger partial charge on any atom is -0.369 e. The Morgan fingerprint density at radius 2 is 2.00 bits per heavy atom. The van der Waals surface area contributed by atoms with Crippen molar-refractivity contribution in [2.75, 3.05) is 13.1 Å². The van der Waals surface area contributed by atoms with E-state index in [0.717, 1.165) is 12.0 Å². The monoisotopic (exact) mass is 326 g/mol. The van der Waals surface area contributed by atoms with Crippen LogP contribution in [-0.4, -0.2) is 29.8 Å². The zero-order valence-electron chi connectivity index (χ0n) is 11.4. The summed E-state index contributed by atoms with van der Waals surface area (Å²) in [7, 11) is 0. The van der Waals surface area contributed by atoms with Crippen molar-refractivity contribution < 1.29 is 9.59 Å². The lowest BCUT2D eigenvalue weighted by atomic mass is 10.1. The van der Waals surface area contributed by atoms with Gasteiger partial charge in [0.25, 0.3) is 0 Å². The molecule has 1 aliphatic carbocycles. The lowest BCUT2D eigenvalue weighted by molar-refractivity contribution is -0.132. The van der Waals surface area contributed by atoms with Crippen LogP contribution < -0.4 is 5.73 Å². The first-order valence-electron chi connectivity index (χ1n) is 7.00. The Labute approximate surface area is 133 Å². The molecule has 0 bridgehead atoms. The third-order valence-corrected chi connectivity index (χ3v) is 5.12. The van der Waals surface area contributed by atoms with Crippen molar-refractivity contribution in [3.63, 3.8) is 0 Å². The van der Waals surface area contributed by atoms with E-state index < -0.39 is 0 Å². The highest BCUT2D eigenvalue weighted by molar-refractivity contribution is 6.42. The van der Waals surface area contributed by atoms with Crippen LogP contribution in [0.4, 0.5) is 0 Å². The number of amides is 2. The minimum atomic E-state index is -0.317. The van der Waals surface area contributed by atoms with Crippen molar-refractivity contribution >= 4 is 35.0 Å². The van der Waals surface area contributed by atoms with Gasteiger partial charge >= 0.3 is 0 Å². The zero-order chi connectivity index (χ0) is 15.1. The van der Waals surface area contributed by atoms with Gasteiger partial charge in [-0.1, -0.05) is 29.3 Å². The number of halogens is 2. The minimum absolute atomic E-state index is 0.00568. The predicted octanol–water partition coefficient (Wildman–Crippen LogP) is 2.43. The van der Waals surface area contributed by atoms with E-state index >= 15 is 0 Å². The normalized spacial score (nSPS) is 27.7. The van der Waals surface area contributed by atoms with E-state index in [9.17, 15) is 9.59 Å². The molecule has 2 aliphatic rings. The van der Waals surface area contributed by atoms with Crippen molar-refractivity contribution in [2.45, 2.75) is 18.8 Å². The fourth-order valence-electron chi connectivity index (χ4n) is 3.01. The van der Waals surface area contributed by atoms with Gasteiger partial charge in [0.2, 0.25) is 11.8 Å². The van der Waals surface area contributed by atoms with E-state index in [1.165, 1.54) is 0 Å². The van der Waals surface area contributed by atoms with Crippen LogP contribution in [0.2, 0.25) is 10.0 Å². The summed E-state index contributed by atoms with van der Waals surface area (Å²) in [5, 5.41) is 1.04. The second kappa shape index (κ2) is 5.50. The van der Waals surface area contributed by atoms with E-state index in [4.69, 9.17) is 28.9 Å². The van der Waals surface area contributed by atoms with Crippen LogP contribution in [0.3, 0.4) is 0 Å². The topological polar surface area (TPSA) is 63.4 Å². The molecule has 3 rings (SSSR count). The van der Waals surface area contributed by atoms with Crippen molar-refractivity contribution in [3.8, 4) is 0 Å². The molecule has 3 atom stereocenters. The summed E-state index contributed by atoms with van der Waals surface area (Å²) in [5.74, 6) is -0.193. The highest BCUT2D eigenvalue weighted by Gasteiger charge is 2.47. The van der Waals surface area contributed by atoms with E-state index in [1.54, 1.807) is 11.0 Å². The Morgan fingerprint density at radius 1 is 1.24 bits per heavy atom. The molecule has 21 heavy (non-hydrogen) atoms. The molecule has 0 aromatic heterocycles. The summed E-state index contributed by atoms with van der Waals surface area (Å²) < 4.78 is 0. The van der Waals surface area contributed by atoms with Crippen molar-refractivity contribution in [2.24, 2.45) is 17.6 Å². The Balaban J connectivity index is 1.64. The molecule has 4 nitrogen and oxygen atoms in total. The number of benzene rings is 1. The van der Waals surface area contributed by atoms with Crippen LogP contribution in [0.5, 0.6) is 0 Å². The predicted molar refractivity (Wildman–Crippen MR) is 81.2 cm³/mol. The van der Waals surface area contributed by atoms with Crippen LogP contribution in [0.1, 0.15) is 24.3 Å². The Bertz CT molecular complexity index is 605. The van der Waals surface area contributed by atoms with Gasteiger partial charge in [-0.2, -0.15) is 0 Å². The molecule has 0 unspecified atom stereocenters. The lowest BCUT2D eigenvalue weighted by Crippen LogP contribution is -2.32. The molecule has 1 aliphatic heterocycles. The van der Waals surface area contributed by atoms with E-state index in [0.29, 0.717) is 29.6 Å². The fourth-order valence-corrected chi connectivity index (χ4v) is 3.31. The SMILES string of the molecule is NC(=O)[C@@H]1CCN(C(=O)[C@H]2C[C@@H]2c2ccc(Cl)c(Cl)c2)C1. The first-order valence-corrected chi connectivity index (χ1v) is 7.76. The smallest absolute Gasteiger partial charge is 0.226 e. The molecule has 6 heteroatoms. The Hall–Kier alpha value is -1.26. The van der Waals surface area contributed by atoms with Crippen molar-refractivity contribution in [3.05, 3.63) is 33.8 Å². The highest BCUT2D eigenvalue weighted by atomic mass is 35.5. The molecule has 1 aromatic rings. The summed E-state index contributed by atoms with van der Waals surface area (Å²) >= 11 is 11.9. The quantitative estimate of drug-likeness (QED) is 0.927. The average Bonchev–Trinajstić information content (AvgIpc) is 3.08. The molecule has 1 saturated heterocycles. The number of hydrogen-bond donors (Lipinski definition) is 1. The standard InChI is InChI=1S/C15H16Cl2N2O2/c16-12-2-1-8(5-13(12)17)10-6-11(10)15(21)19-4-3-9(7-19)14(18)20/h1-2,5,9-11H,3-4,6-7H2,(H2,18,20)/t9-,10-,11+/m1/s1. The summed E-state index contributed by atoms with van der Waals surface area (Å²) in [6.07, 6.45) is 1.50. The number of nitrogens with zero attached hydrogens (tertiary/aromatic N) is 1. The molecule has 0 radical (unpaired) electrons. The molecule has 2 fully saturated rings. The maximum absolute atomic E-state index is 12.4. The summed E-state index contributed by atoms with van der Waals surface area (Å²) in [6.45, 7) is 1.08. The lowest BCUT2D eigenvalue weighted by Gasteiger charge is -2.16. The number of hydrogen-bond acceptors (Lipinski definition) is 2. The van der Waals surface area contributed by atoms with Gasteiger partial charge in [-0.05, 0) is 36.5 Å². The number of carbonyl (C=O) groups excluding carboxylic acids is 2. The summed E-state index contributed by atoms with van der Waals surface area (Å²) in [4.78, 5) is 25.4. The molecule has 1 heterocycles. The molecule has 2 amide bonds. The number of carbonyl (C=O) groups is 2. The van der Waals surface area contributed by atoms with Gasteiger partial charge in [0.1, 0.15) is 0 Å². The second-order valence-corrected chi connectivity index (χ2v) is 6.61. The zero-order valence-corrected chi connectivity index (χ0v) is 12.9. The first-order chi connectivity index (χ1) is 9.97. The fraction of sp³-hybridized carbons (Fsp3) is 0.467. The van der Waals surface area contributed by atoms with Crippen LogP contribution in [0, 0.1) is 11.8 Å². The number of likely N-dealkylation sites (tertiary alicyclic amines) is 1. The van der Waals surface area contributed by atoms with Crippen LogP contribution >= 0.6 is 23.2 Å². The van der Waals surface area contributed by atoms with E-state index in [1.807, 2.05) is 12.1 Å². The average molecular weight is 327 g/mol. The molecule has 1 saturated carbocycles. The molecular weight excluding hydrogens is 311 g/mol. The third-order valence-electron chi connectivity index (χ3n) is 4.38. The molecule has 112 valence electrons. The molecular formula is C15H16Cl2N2O2. The van der Waals surface area contributed by atoms with Gasteiger partial charge in [-0.15, -0.1) is 0 Å². The van der Waals surface area contributed by atoms with Gasteiger partial charge in [0, 0.05) is 19.0 Å². The van der Waals surface area contributed by atoms with Gasteiger partial charge in [-0.3, -0.25) is 9.59 Å². The van der Waals surface area contributed by atoms with Crippen LogP contribution in [0.25, 0.3) is 0 Å². The first kappa shape index (κ1) is 14.7. The number of rotatable bonds is 3. The number of primary amides is 1. The summed E-state index contributed by atoms with van der Waals surface area (Å²) in [5.41, 5.74) is 6.35. The summed E-state index contributed by atoms with van der Waals surface area (Å²) in [6, 6.07) is 5.51. The third kappa shape index (κ3) is 2.87. The molecule has 0 spiro atoms. The number of nitrogens with two attached hydrogens (primary N) is 1. The van der Waals surface area contributed by atoms with Gasteiger partial charge in [-0.25, -0.2) is 0 Å². The maximum atomic E-state index is 12.4. The van der Waals surface area contributed by atoms with E-state index in [-0.39, 0.29) is 29.6 Å². The van der Waals surface area contributed by atoms with Gasteiger partial charge < -0.3 is 10.6 Å². The Kier molecular flexibility index (Phi) is 3.84. The van der Waals surface area contributed by atoms with Gasteiger partial charge in [0.15, 0.2) is 0 Å². The van der Waals surface area contributed by atoms with Gasteiger partial charge in [0.05, 0.1) is 16.0 Å².